The Labute approximate surface area is 166 Å². The molecule has 3 rings (SSSR count). The maximum Gasteiger partial charge on any atom is 0.436 e. The number of hydrogen-bond donors (Lipinski definition) is 1. The molecule has 2 aromatic rings. The summed E-state index contributed by atoms with van der Waals surface area (Å²) in [6.45, 7) is 3.22. The van der Waals surface area contributed by atoms with Gasteiger partial charge in [0.05, 0.1) is 15.7 Å². The van der Waals surface area contributed by atoms with Gasteiger partial charge in [-0.05, 0) is 53.6 Å². The first-order valence-corrected chi connectivity index (χ1v) is 9.87. The van der Waals surface area contributed by atoms with Crippen LogP contribution < -0.4 is 5.32 Å². The van der Waals surface area contributed by atoms with Gasteiger partial charge in [0, 0.05) is 4.88 Å². The maximum atomic E-state index is 12.9. The third kappa shape index (κ3) is 3.89. The largest absolute Gasteiger partial charge is 0.436 e. The van der Waals surface area contributed by atoms with Crippen molar-refractivity contribution in [1.82, 2.24) is 9.78 Å². The lowest BCUT2D eigenvalue weighted by Crippen LogP contribution is -2.20. The summed E-state index contributed by atoms with van der Waals surface area (Å²) in [5.74, 6) is 0.000998. The number of amides is 1. The van der Waals surface area contributed by atoms with Gasteiger partial charge in [-0.3, -0.25) is 9.48 Å². The van der Waals surface area contributed by atoms with Crippen molar-refractivity contribution >= 4 is 38.2 Å². The Balaban J connectivity index is 1.81. The zero-order valence-corrected chi connectivity index (χ0v) is 17.0. The van der Waals surface area contributed by atoms with E-state index in [9.17, 15) is 23.2 Å². The molecule has 0 aromatic carbocycles. The second-order valence-electron chi connectivity index (χ2n) is 6.62. The predicted octanol–water partition coefficient (Wildman–Crippen LogP) is 4.67. The van der Waals surface area contributed by atoms with Gasteiger partial charge in [-0.15, -0.1) is 11.3 Å². The molecule has 1 amide bonds. The molecule has 0 bridgehead atoms. The van der Waals surface area contributed by atoms with Gasteiger partial charge in [0.1, 0.15) is 17.6 Å². The van der Waals surface area contributed by atoms with Crippen LogP contribution in [-0.2, 0) is 30.4 Å². The molecule has 5 nitrogen and oxygen atoms in total. The monoisotopic (exact) mass is 460 g/mol. The van der Waals surface area contributed by atoms with E-state index < -0.39 is 17.8 Å². The summed E-state index contributed by atoms with van der Waals surface area (Å²) in [6, 6.07) is 2.15. The van der Waals surface area contributed by atoms with Crippen molar-refractivity contribution in [2.24, 2.45) is 5.92 Å². The Bertz CT molecular complexity index is 942. The van der Waals surface area contributed by atoms with Crippen molar-refractivity contribution in [3.05, 3.63) is 31.9 Å². The molecule has 0 radical (unpaired) electrons. The van der Waals surface area contributed by atoms with Gasteiger partial charge >= 0.3 is 6.18 Å². The number of nitrogens with zero attached hydrogens (tertiary/aromatic N) is 3. The lowest BCUT2D eigenvalue weighted by Gasteiger charge is -2.17. The van der Waals surface area contributed by atoms with Crippen LogP contribution in [0.4, 0.5) is 18.2 Å². The van der Waals surface area contributed by atoms with Gasteiger partial charge < -0.3 is 5.32 Å². The third-order valence-electron chi connectivity index (χ3n) is 4.57. The zero-order chi connectivity index (χ0) is 19.9. The fourth-order valence-corrected chi connectivity index (χ4v) is 5.00. The maximum absolute atomic E-state index is 12.9. The fourth-order valence-electron chi connectivity index (χ4n) is 3.12. The number of carbonyl (C=O) groups is 1. The van der Waals surface area contributed by atoms with Crippen molar-refractivity contribution in [1.29, 1.82) is 5.26 Å². The SMILES string of the molecule is Cc1c(Br)c(C(F)(F)F)nn1CC(=O)Nc1sc2c(c1C#N)CC[C@@H](C)C2. The fraction of sp³-hybridized carbons (Fsp3) is 0.471. The number of hydrogen-bond acceptors (Lipinski definition) is 4. The average Bonchev–Trinajstić information content (AvgIpc) is 3.05. The summed E-state index contributed by atoms with van der Waals surface area (Å²) in [4.78, 5) is 13.5. The Morgan fingerprint density at radius 3 is 2.81 bits per heavy atom. The molecule has 1 atom stereocenters. The van der Waals surface area contributed by atoms with Gasteiger partial charge in [-0.25, -0.2) is 0 Å². The molecule has 10 heteroatoms. The molecule has 2 aromatic heterocycles. The smallest absolute Gasteiger partial charge is 0.315 e. The van der Waals surface area contributed by atoms with Crippen molar-refractivity contribution in [2.75, 3.05) is 5.32 Å². The summed E-state index contributed by atoms with van der Waals surface area (Å²) in [6.07, 6.45) is -1.95. The van der Waals surface area contributed by atoms with Crippen LogP contribution in [0.3, 0.4) is 0 Å². The topological polar surface area (TPSA) is 70.7 Å². The van der Waals surface area contributed by atoms with Crippen LogP contribution in [0.15, 0.2) is 4.47 Å². The number of nitrogens with one attached hydrogen (secondary N) is 1. The highest BCUT2D eigenvalue weighted by Gasteiger charge is 2.38. The Kier molecular flexibility index (Phi) is 5.36. The van der Waals surface area contributed by atoms with E-state index in [1.54, 1.807) is 0 Å². The standard InChI is InChI=1S/C17H16BrF3N4OS/c1-8-3-4-10-11(6-22)16(27-12(10)5-8)23-13(26)7-25-9(2)14(18)15(24-25)17(19,20)21/h8H,3-5,7H2,1-2H3,(H,23,26)/t8-/m1/s1. The van der Waals surface area contributed by atoms with E-state index in [-0.39, 0.29) is 16.7 Å². The summed E-state index contributed by atoms with van der Waals surface area (Å²) in [5, 5.41) is 16.1. The first-order chi connectivity index (χ1) is 12.6. The number of aromatic nitrogens is 2. The molecule has 0 fully saturated rings. The van der Waals surface area contributed by atoms with Crippen LogP contribution in [0.1, 0.15) is 40.7 Å². The van der Waals surface area contributed by atoms with Gasteiger partial charge in [0.15, 0.2) is 5.69 Å². The van der Waals surface area contributed by atoms with Crippen LogP contribution in [0.2, 0.25) is 0 Å². The molecule has 0 saturated heterocycles. The quantitative estimate of drug-likeness (QED) is 0.723. The first kappa shape index (κ1) is 19.9. The number of thiophene rings is 1. The Morgan fingerprint density at radius 2 is 2.22 bits per heavy atom. The summed E-state index contributed by atoms with van der Waals surface area (Å²) in [7, 11) is 0. The normalized spacial score (nSPS) is 16.7. The van der Waals surface area contributed by atoms with Crippen molar-refractivity contribution < 1.29 is 18.0 Å². The number of nitriles is 1. The van der Waals surface area contributed by atoms with Crippen molar-refractivity contribution in [2.45, 2.75) is 45.8 Å². The van der Waals surface area contributed by atoms with E-state index in [2.05, 4.69) is 39.3 Å². The average molecular weight is 461 g/mol. The van der Waals surface area contributed by atoms with Crippen LogP contribution in [0, 0.1) is 24.2 Å². The van der Waals surface area contributed by atoms with Crippen LogP contribution in [0.5, 0.6) is 0 Å². The number of fused-ring (bicyclic) bond motifs is 1. The van der Waals surface area contributed by atoms with E-state index in [4.69, 9.17) is 0 Å². The molecule has 0 unspecified atom stereocenters. The Morgan fingerprint density at radius 1 is 1.52 bits per heavy atom. The minimum absolute atomic E-state index is 0.180. The number of carbonyl (C=O) groups excluding carboxylic acids is 1. The molecule has 1 aliphatic carbocycles. The van der Waals surface area contributed by atoms with Crippen molar-refractivity contribution in [3.63, 3.8) is 0 Å². The van der Waals surface area contributed by atoms with Gasteiger partial charge in [0.2, 0.25) is 5.91 Å². The molecule has 1 aliphatic rings. The predicted molar refractivity (Wildman–Crippen MR) is 98.5 cm³/mol. The lowest BCUT2D eigenvalue weighted by molar-refractivity contribution is -0.142. The highest BCUT2D eigenvalue weighted by molar-refractivity contribution is 9.10. The molecule has 144 valence electrons. The molecule has 0 aliphatic heterocycles. The molecule has 0 spiro atoms. The minimum Gasteiger partial charge on any atom is -0.315 e. The highest BCUT2D eigenvalue weighted by Crippen LogP contribution is 2.39. The first-order valence-electron chi connectivity index (χ1n) is 8.26. The van der Waals surface area contributed by atoms with Gasteiger partial charge in [0.25, 0.3) is 0 Å². The molecule has 27 heavy (non-hydrogen) atoms. The third-order valence-corrected chi connectivity index (χ3v) is 6.69. The highest BCUT2D eigenvalue weighted by atomic mass is 79.9. The van der Waals surface area contributed by atoms with E-state index >= 15 is 0 Å². The van der Waals surface area contributed by atoms with Gasteiger partial charge in [-0.2, -0.15) is 23.5 Å². The summed E-state index contributed by atoms with van der Waals surface area (Å²) < 4.78 is 39.7. The van der Waals surface area contributed by atoms with E-state index in [1.165, 1.54) is 18.3 Å². The number of alkyl halides is 3. The summed E-state index contributed by atoms with van der Waals surface area (Å²) >= 11 is 4.26. The van der Waals surface area contributed by atoms with Gasteiger partial charge in [-0.1, -0.05) is 6.92 Å². The number of halogens is 4. The lowest BCUT2D eigenvalue weighted by atomic mass is 9.89. The second-order valence-corrected chi connectivity index (χ2v) is 8.52. The molecular weight excluding hydrogens is 445 g/mol. The van der Waals surface area contributed by atoms with E-state index in [0.717, 1.165) is 34.4 Å². The molecule has 1 N–H and O–H groups in total. The summed E-state index contributed by atoms with van der Waals surface area (Å²) in [5.41, 5.74) is 0.584. The zero-order valence-electron chi connectivity index (χ0n) is 14.6. The van der Waals surface area contributed by atoms with Crippen LogP contribution >= 0.6 is 27.3 Å². The van der Waals surface area contributed by atoms with Crippen LogP contribution in [-0.4, -0.2) is 15.7 Å². The molecule has 0 saturated carbocycles. The second kappa shape index (κ2) is 7.28. The number of rotatable bonds is 3. The molecule has 2 heterocycles. The minimum atomic E-state index is -4.61. The van der Waals surface area contributed by atoms with Crippen molar-refractivity contribution in [3.8, 4) is 6.07 Å². The van der Waals surface area contributed by atoms with E-state index in [1.807, 2.05) is 0 Å². The Hall–Kier alpha value is -1.86. The van der Waals surface area contributed by atoms with Crippen LogP contribution in [0.25, 0.3) is 0 Å². The molecular formula is C17H16BrF3N4OS. The van der Waals surface area contributed by atoms with E-state index in [0.29, 0.717) is 16.5 Å². The number of anilines is 1.